The normalized spacial score (nSPS) is 27.2. The fraction of sp³-hybridized carbons (Fsp3) is 0.480. The fourth-order valence-corrected chi connectivity index (χ4v) is 5.50. The van der Waals surface area contributed by atoms with E-state index in [0.717, 1.165) is 60.3 Å². The second-order valence-corrected chi connectivity index (χ2v) is 9.17. The Morgan fingerprint density at radius 1 is 1.18 bits per heavy atom. The molecule has 3 aliphatic heterocycles. The SMILES string of the molecule is COc1ccc(-c2cc3ncnc(C4(N5CC6CCC(C5)O6)CNCCO4)c3cn2)cc1CO. The minimum absolute atomic E-state index is 0.106. The third-order valence-electron chi connectivity index (χ3n) is 7.18. The molecule has 0 amide bonds. The van der Waals surface area contributed by atoms with E-state index >= 15 is 0 Å². The number of hydrogen-bond donors (Lipinski definition) is 2. The van der Waals surface area contributed by atoms with E-state index in [1.165, 1.54) is 0 Å². The van der Waals surface area contributed by atoms with Crippen LogP contribution in [0.2, 0.25) is 0 Å². The van der Waals surface area contributed by atoms with Gasteiger partial charge in [0.1, 0.15) is 17.8 Å². The first-order valence-corrected chi connectivity index (χ1v) is 11.8. The Morgan fingerprint density at radius 3 is 2.76 bits per heavy atom. The lowest BCUT2D eigenvalue weighted by atomic mass is 9.99. The van der Waals surface area contributed by atoms with Gasteiger partial charge < -0.3 is 24.6 Å². The predicted molar refractivity (Wildman–Crippen MR) is 125 cm³/mol. The van der Waals surface area contributed by atoms with Crippen LogP contribution in [0.4, 0.5) is 0 Å². The van der Waals surface area contributed by atoms with E-state index in [0.29, 0.717) is 24.5 Å². The number of aliphatic hydroxyl groups excluding tert-OH is 1. The fourth-order valence-electron chi connectivity index (χ4n) is 5.50. The molecule has 2 aromatic heterocycles. The van der Waals surface area contributed by atoms with Crippen molar-refractivity contribution in [2.45, 2.75) is 37.4 Å². The first-order valence-electron chi connectivity index (χ1n) is 11.8. The number of methoxy groups -OCH3 is 1. The number of aliphatic hydroxyl groups is 1. The van der Waals surface area contributed by atoms with Crippen LogP contribution in [-0.2, 0) is 21.8 Å². The molecule has 3 unspecified atom stereocenters. The Bertz CT molecular complexity index is 1190. The molecule has 9 nitrogen and oxygen atoms in total. The summed E-state index contributed by atoms with van der Waals surface area (Å²) in [7, 11) is 1.60. The lowest BCUT2D eigenvalue weighted by molar-refractivity contribution is -0.211. The molecule has 0 radical (unpaired) electrons. The van der Waals surface area contributed by atoms with Crippen molar-refractivity contribution >= 4 is 10.9 Å². The number of nitrogens with one attached hydrogen (secondary N) is 1. The van der Waals surface area contributed by atoms with Gasteiger partial charge in [0.05, 0.1) is 43.7 Å². The zero-order chi connectivity index (χ0) is 23.1. The summed E-state index contributed by atoms with van der Waals surface area (Å²) in [6, 6.07) is 7.65. The Hall–Kier alpha value is -2.69. The minimum Gasteiger partial charge on any atom is -0.496 e. The van der Waals surface area contributed by atoms with E-state index in [4.69, 9.17) is 24.2 Å². The molecule has 9 heteroatoms. The molecule has 3 fully saturated rings. The van der Waals surface area contributed by atoms with Crippen molar-refractivity contribution in [3.8, 4) is 17.0 Å². The van der Waals surface area contributed by atoms with Gasteiger partial charge in [0, 0.05) is 48.9 Å². The van der Waals surface area contributed by atoms with Gasteiger partial charge in [0.25, 0.3) is 0 Å². The Morgan fingerprint density at radius 2 is 2.03 bits per heavy atom. The van der Waals surface area contributed by atoms with Gasteiger partial charge in [-0.3, -0.25) is 9.88 Å². The zero-order valence-corrected chi connectivity index (χ0v) is 19.2. The highest BCUT2D eigenvalue weighted by Crippen LogP contribution is 2.39. The molecule has 6 rings (SSSR count). The van der Waals surface area contributed by atoms with Crippen molar-refractivity contribution in [3.63, 3.8) is 0 Å². The van der Waals surface area contributed by atoms with E-state index in [1.807, 2.05) is 30.5 Å². The van der Waals surface area contributed by atoms with Crippen molar-refractivity contribution in [3.05, 3.63) is 48.0 Å². The van der Waals surface area contributed by atoms with Crippen LogP contribution in [0.1, 0.15) is 24.1 Å². The lowest BCUT2D eigenvalue weighted by Crippen LogP contribution is -2.62. The van der Waals surface area contributed by atoms with E-state index in [-0.39, 0.29) is 18.8 Å². The van der Waals surface area contributed by atoms with Crippen LogP contribution in [0.25, 0.3) is 22.2 Å². The number of pyridine rings is 1. The molecule has 3 aromatic rings. The Labute approximate surface area is 198 Å². The van der Waals surface area contributed by atoms with Gasteiger partial charge in [-0.1, -0.05) is 0 Å². The van der Waals surface area contributed by atoms with Crippen molar-refractivity contribution < 1.29 is 19.3 Å². The van der Waals surface area contributed by atoms with Gasteiger partial charge in [-0.2, -0.15) is 0 Å². The average molecular weight is 464 g/mol. The smallest absolute Gasteiger partial charge is 0.178 e. The van der Waals surface area contributed by atoms with Crippen LogP contribution in [-0.4, -0.2) is 77.1 Å². The number of aromatic nitrogens is 3. The summed E-state index contributed by atoms with van der Waals surface area (Å²) in [5, 5.41) is 14.1. The number of rotatable bonds is 5. The maximum atomic E-state index is 9.71. The summed E-state index contributed by atoms with van der Waals surface area (Å²) in [6.45, 7) is 3.62. The summed E-state index contributed by atoms with van der Waals surface area (Å²) >= 11 is 0. The summed E-state index contributed by atoms with van der Waals surface area (Å²) in [6.07, 6.45) is 6.14. The number of likely N-dealkylation sites (tertiary alicyclic amines) is 1. The predicted octanol–water partition coefficient (Wildman–Crippen LogP) is 1.83. The van der Waals surface area contributed by atoms with Crippen LogP contribution < -0.4 is 10.1 Å². The molecule has 34 heavy (non-hydrogen) atoms. The summed E-state index contributed by atoms with van der Waals surface area (Å²) in [5.74, 6) is 0.653. The first-order chi connectivity index (χ1) is 16.7. The molecular weight excluding hydrogens is 434 g/mol. The average Bonchev–Trinajstić information content (AvgIpc) is 3.24. The molecule has 0 saturated carbocycles. The highest BCUT2D eigenvalue weighted by atomic mass is 16.5. The third-order valence-corrected chi connectivity index (χ3v) is 7.18. The highest BCUT2D eigenvalue weighted by molar-refractivity contribution is 5.84. The first kappa shape index (κ1) is 21.8. The number of benzene rings is 1. The molecule has 3 atom stereocenters. The van der Waals surface area contributed by atoms with Crippen molar-refractivity contribution in [2.75, 3.05) is 39.9 Å². The molecule has 1 aromatic carbocycles. The van der Waals surface area contributed by atoms with Crippen LogP contribution >= 0.6 is 0 Å². The largest absolute Gasteiger partial charge is 0.496 e. The summed E-state index contributed by atoms with van der Waals surface area (Å²) in [4.78, 5) is 16.5. The van der Waals surface area contributed by atoms with Crippen LogP contribution in [0.15, 0.2) is 36.8 Å². The molecule has 0 aliphatic carbocycles. The van der Waals surface area contributed by atoms with E-state index < -0.39 is 5.72 Å². The molecule has 3 saturated heterocycles. The standard InChI is InChI=1S/C25H29N5O4/c1-32-23-5-2-16(8-17(23)13-31)21-9-22-20(10-27-21)24(29-15-28-22)25(14-26-6-7-33-25)30-11-18-3-4-19(12-30)34-18/h2,5,8-10,15,18-19,26,31H,3-4,6-7,11-14H2,1H3. The zero-order valence-electron chi connectivity index (χ0n) is 19.2. The molecule has 5 heterocycles. The topological polar surface area (TPSA) is 102 Å². The van der Waals surface area contributed by atoms with Crippen LogP contribution in [0, 0.1) is 0 Å². The number of hydrogen-bond acceptors (Lipinski definition) is 9. The third kappa shape index (κ3) is 3.64. The molecule has 0 spiro atoms. The molecular formula is C25H29N5O4. The molecule has 178 valence electrons. The van der Waals surface area contributed by atoms with Gasteiger partial charge >= 0.3 is 0 Å². The van der Waals surface area contributed by atoms with E-state index in [1.54, 1.807) is 13.4 Å². The van der Waals surface area contributed by atoms with Gasteiger partial charge in [-0.05, 0) is 37.1 Å². The Kier molecular flexibility index (Phi) is 5.66. The molecule has 2 bridgehead atoms. The monoisotopic (exact) mass is 463 g/mol. The van der Waals surface area contributed by atoms with Crippen molar-refractivity contribution in [1.82, 2.24) is 25.2 Å². The van der Waals surface area contributed by atoms with Crippen molar-refractivity contribution in [1.29, 1.82) is 0 Å². The van der Waals surface area contributed by atoms with Gasteiger partial charge in [-0.25, -0.2) is 9.97 Å². The lowest BCUT2D eigenvalue weighted by Gasteiger charge is -2.48. The van der Waals surface area contributed by atoms with Crippen LogP contribution in [0.5, 0.6) is 5.75 Å². The maximum Gasteiger partial charge on any atom is 0.178 e. The van der Waals surface area contributed by atoms with Gasteiger partial charge in [0.15, 0.2) is 5.72 Å². The van der Waals surface area contributed by atoms with Gasteiger partial charge in [-0.15, -0.1) is 0 Å². The molecule has 3 aliphatic rings. The number of nitrogens with zero attached hydrogens (tertiary/aromatic N) is 4. The maximum absolute atomic E-state index is 9.71. The van der Waals surface area contributed by atoms with Crippen LogP contribution in [0.3, 0.4) is 0 Å². The Balaban J connectivity index is 1.42. The summed E-state index contributed by atoms with van der Waals surface area (Å²) < 4.78 is 18.0. The highest BCUT2D eigenvalue weighted by Gasteiger charge is 2.49. The quantitative estimate of drug-likeness (QED) is 0.587. The van der Waals surface area contributed by atoms with Gasteiger partial charge in [0.2, 0.25) is 0 Å². The second kappa shape index (κ2) is 8.83. The van der Waals surface area contributed by atoms with E-state index in [9.17, 15) is 5.11 Å². The van der Waals surface area contributed by atoms with Crippen molar-refractivity contribution in [2.24, 2.45) is 0 Å². The molecule has 2 N–H and O–H groups in total. The van der Waals surface area contributed by atoms with E-state index in [2.05, 4.69) is 15.2 Å². The minimum atomic E-state index is -0.683. The second-order valence-electron chi connectivity index (χ2n) is 9.17. The number of ether oxygens (including phenoxy) is 3. The number of fused-ring (bicyclic) bond motifs is 3. The summed E-state index contributed by atoms with van der Waals surface area (Å²) in [5.41, 5.74) is 3.35. The number of morpholine rings is 2.